The molecule has 3 aromatic rings. The van der Waals surface area contributed by atoms with Crippen LogP contribution in [0.25, 0.3) is 11.7 Å². The van der Waals surface area contributed by atoms with Gasteiger partial charge in [0.1, 0.15) is 5.82 Å². The van der Waals surface area contributed by atoms with E-state index in [-0.39, 0.29) is 5.82 Å². The van der Waals surface area contributed by atoms with Gasteiger partial charge in [-0.1, -0.05) is 13.0 Å². The molecule has 0 amide bonds. The number of hydrogen-bond donors (Lipinski definition) is 1. The molecule has 2 heterocycles. The Morgan fingerprint density at radius 2 is 2.15 bits per heavy atom. The van der Waals surface area contributed by atoms with E-state index in [1.54, 1.807) is 37.5 Å². The van der Waals surface area contributed by atoms with Crippen LogP contribution in [0.2, 0.25) is 0 Å². The van der Waals surface area contributed by atoms with E-state index in [0.717, 1.165) is 6.42 Å². The average Bonchev–Trinajstić information content (AvgIpc) is 3.29. The second-order valence-corrected chi connectivity index (χ2v) is 6.18. The maximum Gasteiger partial charge on any atom is 0.283 e. The predicted octanol–water partition coefficient (Wildman–Crippen LogP) is 4.39. The largest absolute Gasteiger partial charge is 0.459 e. The Bertz CT molecular complexity index is 879. The Kier molecular flexibility index (Phi) is 5.62. The summed E-state index contributed by atoms with van der Waals surface area (Å²) in [6.07, 6.45) is 2.42. The first-order valence-corrected chi connectivity index (χ1v) is 8.66. The molecule has 3 rings (SSSR count). The van der Waals surface area contributed by atoms with Crippen LogP contribution in [0.1, 0.15) is 24.8 Å². The van der Waals surface area contributed by atoms with Gasteiger partial charge in [-0.15, -0.1) is 10.2 Å². The highest BCUT2D eigenvalue weighted by Gasteiger charge is 2.16. The molecule has 0 fully saturated rings. The number of benzene rings is 1. The second kappa shape index (κ2) is 8.09. The van der Waals surface area contributed by atoms with Crippen molar-refractivity contribution >= 4 is 23.0 Å². The van der Waals surface area contributed by atoms with Crippen LogP contribution < -0.4 is 5.32 Å². The van der Waals surface area contributed by atoms with Crippen LogP contribution in [-0.4, -0.2) is 26.8 Å². The second-order valence-electron chi connectivity index (χ2n) is 5.79. The lowest BCUT2D eigenvalue weighted by atomic mass is 10.2. The zero-order chi connectivity index (χ0) is 18.5. The minimum Gasteiger partial charge on any atom is -0.459 e. The van der Waals surface area contributed by atoms with Crippen molar-refractivity contribution in [3.8, 4) is 11.7 Å². The third-order valence-electron chi connectivity index (χ3n) is 3.73. The van der Waals surface area contributed by atoms with E-state index in [0.29, 0.717) is 47.0 Å². The first-order chi connectivity index (χ1) is 12.6. The molecule has 0 saturated heterocycles. The highest BCUT2D eigenvalue weighted by atomic mass is 32.1. The number of nitrogens with one attached hydrogen (secondary N) is 1. The summed E-state index contributed by atoms with van der Waals surface area (Å²) < 4.78 is 24.6. The number of aromatic nitrogens is 2. The molecule has 0 saturated carbocycles. The number of halogens is 1. The van der Waals surface area contributed by atoms with Crippen molar-refractivity contribution in [2.24, 2.45) is 0 Å². The monoisotopic (exact) mass is 374 g/mol. The molecule has 0 radical (unpaired) electrons. The van der Waals surface area contributed by atoms with Crippen LogP contribution in [0.3, 0.4) is 0 Å². The molecule has 0 unspecified atom stereocenters. The summed E-state index contributed by atoms with van der Waals surface area (Å²) >= 11 is 5.47. The fourth-order valence-corrected chi connectivity index (χ4v) is 2.65. The molecular weight excluding hydrogens is 355 g/mol. The van der Waals surface area contributed by atoms with Crippen LogP contribution in [0.4, 0.5) is 10.1 Å². The molecule has 8 heteroatoms. The Hall–Kier alpha value is -2.74. The minimum atomic E-state index is -0.278. The van der Waals surface area contributed by atoms with E-state index in [1.807, 2.05) is 11.8 Å². The summed E-state index contributed by atoms with van der Waals surface area (Å²) in [5, 5.41) is 11.6. The van der Waals surface area contributed by atoms with Gasteiger partial charge in [0.05, 0.1) is 12.8 Å². The average molecular weight is 374 g/mol. The highest BCUT2D eigenvalue weighted by Crippen LogP contribution is 2.19. The fourth-order valence-electron chi connectivity index (χ4n) is 2.38. The smallest absolute Gasteiger partial charge is 0.283 e. The van der Waals surface area contributed by atoms with Crippen LogP contribution >= 0.6 is 12.2 Å². The van der Waals surface area contributed by atoms with Crippen molar-refractivity contribution in [1.29, 1.82) is 0 Å². The van der Waals surface area contributed by atoms with Gasteiger partial charge >= 0.3 is 0 Å². The SMILES string of the molecule is CCCN(Cc1nnc(-c2ccco2)o1)C(=S)Nc1ccc(C)c(F)c1. The van der Waals surface area contributed by atoms with E-state index in [9.17, 15) is 4.39 Å². The maximum absolute atomic E-state index is 13.7. The molecule has 1 aromatic carbocycles. The Morgan fingerprint density at radius 1 is 1.31 bits per heavy atom. The third-order valence-corrected chi connectivity index (χ3v) is 4.09. The highest BCUT2D eigenvalue weighted by molar-refractivity contribution is 7.80. The molecule has 0 aliphatic rings. The molecule has 2 aromatic heterocycles. The van der Waals surface area contributed by atoms with E-state index in [2.05, 4.69) is 15.5 Å². The Labute approximate surface area is 156 Å². The first-order valence-electron chi connectivity index (χ1n) is 8.25. The molecule has 136 valence electrons. The summed E-state index contributed by atoms with van der Waals surface area (Å²) in [4.78, 5) is 1.90. The van der Waals surface area contributed by atoms with Crippen molar-refractivity contribution in [1.82, 2.24) is 15.1 Å². The van der Waals surface area contributed by atoms with E-state index in [1.165, 1.54) is 6.07 Å². The molecule has 0 atom stereocenters. The summed E-state index contributed by atoms with van der Waals surface area (Å²) in [6, 6.07) is 8.42. The third kappa shape index (κ3) is 4.26. The fraction of sp³-hybridized carbons (Fsp3) is 0.278. The molecule has 0 spiro atoms. The number of thiocarbonyl (C=S) groups is 1. The minimum absolute atomic E-state index is 0.278. The van der Waals surface area contributed by atoms with Gasteiger partial charge in [-0.3, -0.25) is 0 Å². The van der Waals surface area contributed by atoms with E-state index < -0.39 is 0 Å². The lowest BCUT2D eigenvalue weighted by Gasteiger charge is -2.24. The number of hydrogen-bond acceptors (Lipinski definition) is 5. The van der Waals surface area contributed by atoms with E-state index >= 15 is 0 Å². The van der Waals surface area contributed by atoms with Crippen LogP contribution in [0.5, 0.6) is 0 Å². The lowest BCUT2D eigenvalue weighted by Crippen LogP contribution is -2.35. The van der Waals surface area contributed by atoms with Gasteiger partial charge in [0.25, 0.3) is 5.89 Å². The number of nitrogens with zero attached hydrogens (tertiary/aromatic N) is 3. The van der Waals surface area contributed by atoms with Crippen molar-refractivity contribution in [2.75, 3.05) is 11.9 Å². The zero-order valence-electron chi connectivity index (χ0n) is 14.5. The topological polar surface area (TPSA) is 67.3 Å². The maximum atomic E-state index is 13.7. The van der Waals surface area contributed by atoms with Gasteiger partial charge in [0.15, 0.2) is 10.9 Å². The van der Waals surface area contributed by atoms with Crippen molar-refractivity contribution in [3.63, 3.8) is 0 Å². The van der Waals surface area contributed by atoms with Crippen LogP contribution in [0, 0.1) is 12.7 Å². The number of aryl methyl sites for hydroxylation is 1. The standard InChI is InChI=1S/C18H19FN4O2S/c1-3-8-23(18(26)20-13-7-6-12(2)14(19)10-13)11-16-21-22-17(25-16)15-5-4-9-24-15/h4-7,9-10H,3,8,11H2,1-2H3,(H,20,26). The summed E-state index contributed by atoms with van der Waals surface area (Å²) in [5.74, 6) is 0.978. The normalized spacial score (nSPS) is 10.7. The van der Waals surface area contributed by atoms with Crippen molar-refractivity contribution in [3.05, 3.63) is 53.9 Å². The Morgan fingerprint density at radius 3 is 2.85 bits per heavy atom. The van der Waals surface area contributed by atoms with Gasteiger partial charge in [-0.25, -0.2) is 4.39 Å². The van der Waals surface area contributed by atoms with Crippen LogP contribution in [0.15, 0.2) is 45.4 Å². The summed E-state index contributed by atoms with van der Waals surface area (Å²) in [5.41, 5.74) is 1.18. The summed E-state index contributed by atoms with van der Waals surface area (Å²) in [6.45, 7) is 4.80. The van der Waals surface area contributed by atoms with Gasteiger partial charge in [0, 0.05) is 12.2 Å². The molecule has 0 bridgehead atoms. The number of rotatable bonds is 6. The molecule has 6 nitrogen and oxygen atoms in total. The first kappa shape index (κ1) is 18.1. The molecule has 0 aliphatic heterocycles. The summed E-state index contributed by atoms with van der Waals surface area (Å²) in [7, 11) is 0. The van der Waals surface area contributed by atoms with Gasteiger partial charge in [-0.2, -0.15) is 0 Å². The van der Waals surface area contributed by atoms with Crippen molar-refractivity contribution in [2.45, 2.75) is 26.8 Å². The van der Waals surface area contributed by atoms with Gasteiger partial charge < -0.3 is 19.1 Å². The predicted molar refractivity (Wildman–Crippen MR) is 100 cm³/mol. The molecular formula is C18H19FN4O2S. The van der Waals surface area contributed by atoms with Gasteiger partial charge in [-0.05, 0) is 55.4 Å². The quantitative estimate of drug-likeness (QED) is 0.642. The number of anilines is 1. The zero-order valence-corrected chi connectivity index (χ0v) is 15.3. The van der Waals surface area contributed by atoms with Crippen molar-refractivity contribution < 1.29 is 13.2 Å². The molecule has 26 heavy (non-hydrogen) atoms. The number of furan rings is 1. The molecule has 0 aliphatic carbocycles. The lowest BCUT2D eigenvalue weighted by molar-refractivity contribution is 0.357. The Balaban J connectivity index is 1.70. The molecule has 1 N–H and O–H groups in total. The van der Waals surface area contributed by atoms with E-state index in [4.69, 9.17) is 21.1 Å². The van der Waals surface area contributed by atoms with Gasteiger partial charge in [0.2, 0.25) is 5.89 Å². The van der Waals surface area contributed by atoms with Crippen LogP contribution in [-0.2, 0) is 6.54 Å².